The Balaban J connectivity index is 1.84. The van der Waals surface area contributed by atoms with Gasteiger partial charge in [0.15, 0.2) is 17.5 Å². The van der Waals surface area contributed by atoms with Crippen molar-refractivity contribution in [1.29, 1.82) is 0 Å². The summed E-state index contributed by atoms with van der Waals surface area (Å²) < 4.78 is 47.6. The molecule has 1 amide bonds. The lowest BCUT2D eigenvalue weighted by Gasteiger charge is -2.33. The summed E-state index contributed by atoms with van der Waals surface area (Å²) in [4.78, 5) is 28.2. The van der Waals surface area contributed by atoms with E-state index in [0.717, 1.165) is 10.6 Å². The number of amides is 1. The molecular weight excluding hydrogens is 351 g/mol. The lowest BCUT2D eigenvalue weighted by molar-refractivity contribution is 0.0188. The molecule has 1 saturated heterocycles. The van der Waals surface area contributed by atoms with Gasteiger partial charge >= 0.3 is 11.8 Å². The number of carbonyl (C=O) groups excluding carboxylic acids is 1. The van der Waals surface area contributed by atoms with Gasteiger partial charge in [-0.05, 0) is 33.6 Å². The summed E-state index contributed by atoms with van der Waals surface area (Å²) in [7, 11) is 0. The average molecular weight is 371 g/mol. The lowest BCUT2D eigenvalue weighted by atomic mass is 10.0. The van der Waals surface area contributed by atoms with Crippen molar-refractivity contribution in [3.8, 4) is 0 Å². The summed E-state index contributed by atoms with van der Waals surface area (Å²) in [6, 6.07) is 0.330. The topological polar surface area (TPSA) is 67.3 Å². The summed E-state index contributed by atoms with van der Waals surface area (Å²) in [5, 5.41) is 0. The Bertz CT molecular complexity index is 906. The molecule has 1 aliphatic heterocycles. The fourth-order valence-electron chi connectivity index (χ4n) is 3.17. The molecule has 1 N–H and O–H groups in total. The van der Waals surface area contributed by atoms with Gasteiger partial charge in [-0.1, -0.05) is 0 Å². The summed E-state index contributed by atoms with van der Waals surface area (Å²) in [5.41, 5.74) is -1.64. The molecular formula is C17H20F3N3O3. The zero-order valence-electron chi connectivity index (χ0n) is 14.7. The van der Waals surface area contributed by atoms with Crippen molar-refractivity contribution in [2.24, 2.45) is 0 Å². The molecule has 2 aromatic rings. The van der Waals surface area contributed by atoms with E-state index < -0.39 is 40.9 Å². The Morgan fingerprint density at radius 3 is 2.38 bits per heavy atom. The third-order valence-corrected chi connectivity index (χ3v) is 4.32. The van der Waals surface area contributed by atoms with Gasteiger partial charge in [-0.2, -0.15) is 0 Å². The van der Waals surface area contributed by atoms with Gasteiger partial charge < -0.3 is 14.6 Å². The minimum Gasteiger partial charge on any atom is -0.444 e. The molecule has 1 aromatic carbocycles. The van der Waals surface area contributed by atoms with Crippen LogP contribution in [0.1, 0.15) is 39.7 Å². The first-order valence-electron chi connectivity index (χ1n) is 8.34. The van der Waals surface area contributed by atoms with Crippen LogP contribution in [0, 0.1) is 17.5 Å². The lowest BCUT2D eigenvalue weighted by Crippen LogP contribution is -2.43. The van der Waals surface area contributed by atoms with E-state index in [9.17, 15) is 22.8 Å². The fourth-order valence-corrected chi connectivity index (χ4v) is 3.17. The third-order valence-electron chi connectivity index (χ3n) is 4.32. The Morgan fingerprint density at radius 2 is 1.81 bits per heavy atom. The number of H-pyrrole nitrogens is 1. The van der Waals surface area contributed by atoms with E-state index in [1.807, 2.05) is 0 Å². The quantitative estimate of drug-likeness (QED) is 0.782. The summed E-state index contributed by atoms with van der Waals surface area (Å²) in [6.45, 7) is 5.91. The van der Waals surface area contributed by atoms with Crippen LogP contribution in [0.5, 0.6) is 0 Å². The summed E-state index contributed by atoms with van der Waals surface area (Å²) in [5.74, 6) is -4.37. The number of hydrogen-bond donors (Lipinski definition) is 1. The highest BCUT2D eigenvalue weighted by molar-refractivity contribution is 5.76. The number of aromatic nitrogens is 2. The summed E-state index contributed by atoms with van der Waals surface area (Å²) in [6.07, 6.45) is 0.274. The van der Waals surface area contributed by atoms with Crippen LogP contribution in [0.4, 0.5) is 18.0 Å². The smallest absolute Gasteiger partial charge is 0.410 e. The normalized spacial score (nSPS) is 16.3. The van der Waals surface area contributed by atoms with Crippen molar-refractivity contribution in [2.45, 2.75) is 45.3 Å². The SMILES string of the molecule is CC(C)(C)OC(=O)N1CCC(n2c(=O)[nH]c3cc(F)c(F)c(F)c32)CC1. The molecule has 0 radical (unpaired) electrons. The van der Waals surface area contributed by atoms with Gasteiger partial charge in [-0.15, -0.1) is 0 Å². The van der Waals surface area contributed by atoms with Crippen LogP contribution < -0.4 is 5.69 Å². The van der Waals surface area contributed by atoms with E-state index in [1.165, 1.54) is 4.90 Å². The van der Waals surface area contributed by atoms with Crippen LogP contribution in [0.2, 0.25) is 0 Å². The maximum absolute atomic E-state index is 14.2. The molecule has 1 fully saturated rings. The predicted octanol–water partition coefficient (Wildman–Crippen LogP) is 3.32. The number of fused-ring (bicyclic) bond motifs is 1. The Labute approximate surface area is 147 Å². The van der Waals surface area contributed by atoms with Crippen LogP contribution in [0.3, 0.4) is 0 Å². The summed E-state index contributed by atoms with van der Waals surface area (Å²) >= 11 is 0. The van der Waals surface area contributed by atoms with Crippen LogP contribution in [-0.2, 0) is 4.74 Å². The fraction of sp³-hybridized carbons (Fsp3) is 0.529. The minimum atomic E-state index is -1.61. The highest BCUT2D eigenvalue weighted by Gasteiger charge is 2.30. The highest BCUT2D eigenvalue weighted by Crippen LogP contribution is 2.28. The maximum Gasteiger partial charge on any atom is 0.410 e. The van der Waals surface area contributed by atoms with Gasteiger partial charge in [-0.25, -0.2) is 22.8 Å². The number of halogens is 3. The van der Waals surface area contributed by atoms with Gasteiger partial charge in [0.05, 0.1) is 5.52 Å². The second-order valence-electron chi connectivity index (χ2n) is 7.38. The molecule has 0 unspecified atom stereocenters. The average Bonchev–Trinajstić information content (AvgIpc) is 2.87. The van der Waals surface area contributed by atoms with Crippen molar-refractivity contribution in [3.63, 3.8) is 0 Å². The van der Waals surface area contributed by atoms with E-state index in [-0.39, 0.29) is 11.0 Å². The van der Waals surface area contributed by atoms with Crippen LogP contribution >= 0.6 is 0 Å². The molecule has 1 aromatic heterocycles. The number of aromatic amines is 1. The van der Waals surface area contributed by atoms with Crippen LogP contribution in [0.25, 0.3) is 11.0 Å². The molecule has 0 saturated carbocycles. The second-order valence-corrected chi connectivity index (χ2v) is 7.38. The number of benzene rings is 1. The molecule has 1 aliphatic rings. The van der Waals surface area contributed by atoms with Gasteiger partial charge in [0, 0.05) is 25.2 Å². The number of nitrogens with one attached hydrogen (secondary N) is 1. The molecule has 0 bridgehead atoms. The van der Waals surface area contributed by atoms with E-state index in [4.69, 9.17) is 4.74 Å². The van der Waals surface area contributed by atoms with Crippen molar-refractivity contribution in [3.05, 3.63) is 34.0 Å². The first-order chi connectivity index (χ1) is 12.1. The number of nitrogens with zero attached hydrogens (tertiary/aromatic N) is 2. The second kappa shape index (κ2) is 6.37. The Morgan fingerprint density at radius 1 is 1.19 bits per heavy atom. The molecule has 9 heteroatoms. The van der Waals surface area contributed by atoms with Gasteiger partial charge in [0.25, 0.3) is 0 Å². The zero-order valence-corrected chi connectivity index (χ0v) is 14.7. The number of hydrogen-bond acceptors (Lipinski definition) is 3. The Kier molecular flexibility index (Phi) is 4.49. The first-order valence-corrected chi connectivity index (χ1v) is 8.34. The molecule has 0 atom stereocenters. The van der Waals surface area contributed by atoms with Crippen molar-refractivity contribution in [1.82, 2.24) is 14.5 Å². The predicted molar refractivity (Wildman–Crippen MR) is 88.5 cm³/mol. The molecule has 0 spiro atoms. The van der Waals surface area contributed by atoms with E-state index in [1.54, 1.807) is 20.8 Å². The van der Waals surface area contributed by atoms with Crippen molar-refractivity contribution < 1.29 is 22.7 Å². The first kappa shape index (κ1) is 18.3. The number of ether oxygens (including phenoxy) is 1. The molecule has 142 valence electrons. The molecule has 26 heavy (non-hydrogen) atoms. The van der Waals surface area contributed by atoms with Crippen LogP contribution in [0.15, 0.2) is 10.9 Å². The molecule has 0 aliphatic carbocycles. The third kappa shape index (κ3) is 3.30. The standard InChI is InChI=1S/C17H20F3N3O3/c1-17(2,3)26-16(25)22-6-4-9(5-7-22)23-14-11(21-15(23)24)8-10(18)12(19)13(14)20/h8-9H,4-7H2,1-3H3,(H,21,24). The highest BCUT2D eigenvalue weighted by atomic mass is 19.2. The van der Waals surface area contributed by atoms with E-state index >= 15 is 0 Å². The van der Waals surface area contributed by atoms with Crippen molar-refractivity contribution in [2.75, 3.05) is 13.1 Å². The van der Waals surface area contributed by atoms with Gasteiger partial charge in [0.2, 0.25) is 0 Å². The van der Waals surface area contributed by atoms with Gasteiger partial charge in [-0.3, -0.25) is 4.57 Å². The number of likely N-dealkylation sites (tertiary alicyclic amines) is 1. The number of imidazole rings is 1. The number of carbonyl (C=O) groups is 1. The largest absolute Gasteiger partial charge is 0.444 e. The zero-order chi connectivity index (χ0) is 19.2. The van der Waals surface area contributed by atoms with E-state index in [0.29, 0.717) is 25.9 Å². The maximum atomic E-state index is 14.2. The Hall–Kier alpha value is -2.45. The monoisotopic (exact) mass is 371 g/mol. The molecule has 6 nitrogen and oxygen atoms in total. The molecule has 3 rings (SSSR count). The van der Waals surface area contributed by atoms with Gasteiger partial charge in [0.1, 0.15) is 11.1 Å². The number of piperidine rings is 1. The van der Waals surface area contributed by atoms with E-state index in [2.05, 4.69) is 4.98 Å². The molecule has 2 heterocycles. The minimum absolute atomic E-state index is 0.0963. The van der Waals surface area contributed by atoms with Crippen LogP contribution in [-0.4, -0.2) is 39.2 Å². The number of rotatable bonds is 1. The van der Waals surface area contributed by atoms with Crippen molar-refractivity contribution >= 4 is 17.1 Å².